The molecule has 0 spiro atoms. The predicted octanol–water partition coefficient (Wildman–Crippen LogP) is 3.12. The van der Waals surface area contributed by atoms with Gasteiger partial charge < -0.3 is 15.0 Å². The third kappa shape index (κ3) is 6.84. The van der Waals surface area contributed by atoms with Crippen molar-refractivity contribution < 1.29 is 9.53 Å². The second-order valence-corrected chi connectivity index (χ2v) is 7.36. The Kier molecular flexibility index (Phi) is 7.74. The molecule has 0 saturated carbocycles. The summed E-state index contributed by atoms with van der Waals surface area (Å²) >= 11 is 1.90. The van der Waals surface area contributed by atoms with E-state index in [1.54, 1.807) is 0 Å². The Morgan fingerprint density at radius 1 is 1.40 bits per heavy atom. The van der Waals surface area contributed by atoms with E-state index < -0.39 is 5.60 Å². The molecular formula is C15H30N2O2S. The molecule has 1 atom stereocenters. The Bertz CT molecular complexity index is 292. The molecule has 1 aliphatic rings. The number of amides is 1. The van der Waals surface area contributed by atoms with Crippen molar-refractivity contribution in [3.05, 3.63) is 0 Å². The van der Waals surface area contributed by atoms with Crippen LogP contribution in [-0.2, 0) is 4.74 Å². The third-order valence-electron chi connectivity index (χ3n) is 3.34. The van der Waals surface area contributed by atoms with Gasteiger partial charge >= 0.3 is 6.09 Å². The number of likely N-dealkylation sites (tertiary alicyclic amines) is 1. The van der Waals surface area contributed by atoms with Crippen LogP contribution in [0.4, 0.5) is 4.79 Å². The van der Waals surface area contributed by atoms with Crippen LogP contribution >= 0.6 is 11.8 Å². The highest BCUT2D eigenvalue weighted by Gasteiger charge is 2.31. The van der Waals surface area contributed by atoms with E-state index in [1.807, 2.05) is 37.4 Å². The van der Waals surface area contributed by atoms with E-state index >= 15 is 0 Å². The molecule has 1 rings (SSSR count). The third-order valence-corrected chi connectivity index (χ3v) is 4.03. The first-order chi connectivity index (χ1) is 9.44. The lowest BCUT2D eigenvalue weighted by Crippen LogP contribution is -2.44. The van der Waals surface area contributed by atoms with Crippen LogP contribution in [-0.4, -0.2) is 54.3 Å². The van der Waals surface area contributed by atoms with Crippen LogP contribution in [0.5, 0.6) is 0 Å². The average molecular weight is 302 g/mol. The summed E-state index contributed by atoms with van der Waals surface area (Å²) in [5, 5.41) is 3.48. The standard InChI is InChI=1S/C15H30N2O2S/c1-15(2,3)19-14(18)17-10-7-8-13(17)12-16-9-5-6-11-20-4/h13,16H,5-12H2,1-4H3. The monoisotopic (exact) mass is 302 g/mol. The van der Waals surface area contributed by atoms with Gasteiger partial charge in [-0.1, -0.05) is 0 Å². The summed E-state index contributed by atoms with van der Waals surface area (Å²) < 4.78 is 5.47. The molecule has 20 heavy (non-hydrogen) atoms. The van der Waals surface area contributed by atoms with Gasteiger partial charge in [0.05, 0.1) is 0 Å². The van der Waals surface area contributed by atoms with Crippen LogP contribution in [0.15, 0.2) is 0 Å². The number of hydrogen-bond acceptors (Lipinski definition) is 4. The van der Waals surface area contributed by atoms with Crippen molar-refractivity contribution in [2.75, 3.05) is 31.6 Å². The fourth-order valence-electron chi connectivity index (χ4n) is 2.37. The molecule has 1 N–H and O–H groups in total. The van der Waals surface area contributed by atoms with Crippen LogP contribution in [0, 0.1) is 0 Å². The van der Waals surface area contributed by atoms with Gasteiger partial charge in [0, 0.05) is 19.1 Å². The number of unbranched alkanes of at least 4 members (excludes halogenated alkanes) is 1. The van der Waals surface area contributed by atoms with E-state index in [0.29, 0.717) is 6.04 Å². The van der Waals surface area contributed by atoms with E-state index in [2.05, 4.69) is 11.6 Å². The minimum Gasteiger partial charge on any atom is -0.444 e. The average Bonchev–Trinajstić information content (AvgIpc) is 2.80. The molecular weight excluding hydrogens is 272 g/mol. The molecule has 1 saturated heterocycles. The maximum absolute atomic E-state index is 12.1. The minimum absolute atomic E-state index is 0.163. The smallest absolute Gasteiger partial charge is 0.410 e. The summed E-state index contributed by atoms with van der Waals surface area (Å²) in [5.74, 6) is 1.23. The molecule has 5 heteroatoms. The molecule has 1 unspecified atom stereocenters. The van der Waals surface area contributed by atoms with Crippen molar-refractivity contribution >= 4 is 17.9 Å². The molecule has 0 aromatic heterocycles. The Morgan fingerprint density at radius 3 is 2.80 bits per heavy atom. The van der Waals surface area contributed by atoms with Gasteiger partial charge in [-0.2, -0.15) is 11.8 Å². The largest absolute Gasteiger partial charge is 0.444 e. The molecule has 4 nitrogen and oxygen atoms in total. The number of nitrogens with one attached hydrogen (secondary N) is 1. The van der Waals surface area contributed by atoms with Gasteiger partial charge in [-0.25, -0.2) is 4.79 Å². The molecule has 0 radical (unpaired) electrons. The van der Waals surface area contributed by atoms with E-state index in [4.69, 9.17) is 4.74 Å². The first-order valence-corrected chi connectivity index (χ1v) is 9.02. The van der Waals surface area contributed by atoms with Crippen molar-refractivity contribution in [1.82, 2.24) is 10.2 Å². The molecule has 1 heterocycles. The number of thioether (sulfide) groups is 1. The molecule has 1 fully saturated rings. The quantitative estimate of drug-likeness (QED) is 0.734. The van der Waals surface area contributed by atoms with Crippen molar-refractivity contribution in [3.63, 3.8) is 0 Å². The van der Waals surface area contributed by atoms with Gasteiger partial charge in [0.25, 0.3) is 0 Å². The summed E-state index contributed by atoms with van der Waals surface area (Å²) in [4.78, 5) is 14.0. The molecule has 1 amide bonds. The van der Waals surface area contributed by atoms with Crippen LogP contribution in [0.2, 0.25) is 0 Å². The summed E-state index contributed by atoms with van der Waals surface area (Å²) in [6.45, 7) is 8.51. The Balaban J connectivity index is 2.25. The number of carbonyl (C=O) groups excluding carboxylic acids is 1. The van der Waals surface area contributed by atoms with Gasteiger partial charge in [0.1, 0.15) is 5.60 Å². The van der Waals surface area contributed by atoms with Gasteiger partial charge in [-0.15, -0.1) is 0 Å². The highest BCUT2D eigenvalue weighted by molar-refractivity contribution is 7.98. The zero-order valence-corrected chi connectivity index (χ0v) is 14.2. The number of hydrogen-bond donors (Lipinski definition) is 1. The van der Waals surface area contributed by atoms with Gasteiger partial charge in [-0.3, -0.25) is 0 Å². The Hall–Kier alpha value is -0.420. The zero-order chi connectivity index (χ0) is 15.0. The highest BCUT2D eigenvalue weighted by Crippen LogP contribution is 2.20. The lowest BCUT2D eigenvalue weighted by Gasteiger charge is -2.28. The van der Waals surface area contributed by atoms with Gasteiger partial charge in [0.15, 0.2) is 0 Å². The van der Waals surface area contributed by atoms with Crippen LogP contribution in [0.3, 0.4) is 0 Å². The second kappa shape index (κ2) is 8.78. The number of nitrogens with zero attached hydrogens (tertiary/aromatic N) is 1. The molecule has 0 aromatic carbocycles. The van der Waals surface area contributed by atoms with E-state index in [9.17, 15) is 4.79 Å². The highest BCUT2D eigenvalue weighted by atomic mass is 32.2. The minimum atomic E-state index is -0.407. The van der Waals surface area contributed by atoms with Gasteiger partial charge in [0.2, 0.25) is 0 Å². The van der Waals surface area contributed by atoms with E-state index in [-0.39, 0.29) is 6.09 Å². The van der Waals surface area contributed by atoms with E-state index in [1.165, 1.54) is 18.6 Å². The summed E-state index contributed by atoms with van der Waals surface area (Å²) in [6.07, 6.45) is 6.61. The lowest BCUT2D eigenvalue weighted by molar-refractivity contribution is 0.0226. The maximum Gasteiger partial charge on any atom is 0.410 e. The zero-order valence-electron chi connectivity index (χ0n) is 13.4. The molecule has 1 aliphatic heterocycles. The Morgan fingerprint density at radius 2 is 2.15 bits per heavy atom. The topological polar surface area (TPSA) is 41.6 Å². The first-order valence-electron chi connectivity index (χ1n) is 7.63. The van der Waals surface area contributed by atoms with E-state index in [0.717, 1.165) is 32.5 Å². The summed E-state index contributed by atoms with van der Waals surface area (Å²) in [7, 11) is 0. The van der Waals surface area contributed by atoms with Crippen LogP contribution < -0.4 is 5.32 Å². The number of rotatable bonds is 7. The van der Waals surface area contributed by atoms with Crippen molar-refractivity contribution in [3.8, 4) is 0 Å². The van der Waals surface area contributed by atoms with Crippen LogP contribution in [0.25, 0.3) is 0 Å². The SMILES string of the molecule is CSCCCCNCC1CCCN1C(=O)OC(C)(C)C. The fraction of sp³-hybridized carbons (Fsp3) is 0.933. The number of carbonyl (C=O) groups is 1. The summed E-state index contributed by atoms with van der Waals surface area (Å²) in [5.41, 5.74) is -0.407. The number of ether oxygens (including phenoxy) is 1. The molecule has 0 bridgehead atoms. The second-order valence-electron chi connectivity index (χ2n) is 6.37. The fourth-order valence-corrected chi connectivity index (χ4v) is 2.87. The Labute approximate surface area is 128 Å². The molecule has 0 aromatic rings. The van der Waals surface area contributed by atoms with Crippen molar-refractivity contribution in [2.24, 2.45) is 0 Å². The van der Waals surface area contributed by atoms with Crippen molar-refractivity contribution in [1.29, 1.82) is 0 Å². The summed E-state index contributed by atoms with van der Waals surface area (Å²) in [6, 6.07) is 0.297. The van der Waals surface area contributed by atoms with Gasteiger partial charge in [-0.05, 0) is 65.0 Å². The maximum atomic E-state index is 12.1. The molecule has 118 valence electrons. The first kappa shape index (κ1) is 17.6. The van der Waals surface area contributed by atoms with Crippen LogP contribution in [0.1, 0.15) is 46.5 Å². The van der Waals surface area contributed by atoms with Crippen molar-refractivity contribution in [2.45, 2.75) is 58.1 Å². The predicted molar refractivity (Wildman–Crippen MR) is 86.4 cm³/mol. The lowest BCUT2D eigenvalue weighted by atomic mass is 10.2. The normalized spacial score (nSPS) is 19.4. The molecule has 0 aliphatic carbocycles.